The summed E-state index contributed by atoms with van der Waals surface area (Å²) in [7, 11) is 2.87. The van der Waals surface area contributed by atoms with E-state index in [1.54, 1.807) is 0 Å². The molecule has 2 aliphatic rings. The maximum absolute atomic E-state index is 11.2. The molecule has 2 heterocycles. The third-order valence-electron chi connectivity index (χ3n) is 2.39. The number of hydrogen-bond donors (Lipinski definition) is 0. The molecule has 0 bridgehead atoms. The van der Waals surface area contributed by atoms with Crippen LogP contribution in [0.1, 0.15) is 0 Å². The monoisotopic (exact) mass is 188 g/mol. The molecule has 5 nitrogen and oxygen atoms in total. The fourth-order valence-corrected chi connectivity index (χ4v) is 1.62. The van der Waals surface area contributed by atoms with Gasteiger partial charge in [-0.3, -0.25) is 0 Å². The van der Waals surface area contributed by atoms with Gasteiger partial charge in [-0.15, -0.1) is 0 Å². The van der Waals surface area contributed by atoms with Gasteiger partial charge >= 0.3 is 5.97 Å². The predicted octanol–water partition coefficient (Wildman–Crippen LogP) is -0.659. The zero-order valence-corrected chi connectivity index (χ0v) is 7.56. The molecule has 2 aliphatic heterocycles. The van der Waals surface area contributed by atoms with E-state index in [1.165, 1.54) is 14.2 Å². The van der Waals surface area contributed by atoms with Crippen LogP contribution in [-0.4, -0.2) is 51.2 Å². The summed E-state index contributed by atoms with van der Waals surface area (Å²) in [5.41, 5.74) is 0. The van der Waals surface area contributed by atoms with Crippen molar-refractivity contribution in [1.82, 2.24) is 0 Å². The van der Waals surface area contributed by atoms with Gasteiger partial charge in [-0.25, -0.2) is 4.79 Å². The maximum atomic E-state index is 11.2. The lowest BCUT2D eigenvalue weighted by atomic mass is 10.1. The van der Waals surface area contributed by atoms with E-state index in [0.717, 1.165) is 0 Å². The summed E-state index contributed by atoms with van der Waals surface area (Å²) in [6, 6.07) is 0. The molecule has 4 atom stereocenters. The molecule has 4 unspecified atom stereocenters. The molecule has 74 valence electrons. The van der Waals surface area contributed by atoms with Crippen LogP contribution in [0.5, 0.6) is 0 Å². The predicted molar refractivity (Wildman–Crippen MR) is 41.2 cm³/mol. The lowest BCUT2D eigenvalue weighted by molar-refractivity contribution is -0.167. The number of fused-ring (bicyclic) bond motifs is 1. The summed E-state index contributed by atoms with van der Waals surface area (Å²) >= 11 is 0. The van der Waals surface area contributed by atoms with Crippen LogP contribution < -0.4 is 0 Å². The van der Waals surface area contributed by atoms with Gasteiger partial charge in [-0.2, -0.15) is 0 Å². The first-order valence-corrected chi connectivity index (χ1v) is 4.15. The third-order valence-corrected chi connectivity index (χ3v) is 2.39. The number of ether oxygens (including phenoxy) is 4. The number of methoxy groups -OCH3 is 2. The number of epoxide rings is 1. The maximum Gasteiger partial charge on any atom is 0.337 e. The zero-order chi connectivity index (χ0) is 9.42. The largest absolute Gasteiger partial charge is 0.467 e. The van der Waals surface area contributed by atoms with Gasteiger partial charge in [0.25, 0.3) is 0 Å². The molecule has 0 radical (unpaired) electrons. The Morgan fingerprint density at radius 1 is 1.46 bits per heavy atom. The van der Waals surface area contributed by atoms with Crippen molar-refractivity contribution in [3.05, 3.63) is 0 Å². The Kier molecular flexibility index (Phi) is 2.23. The first-order valence-electron chi connectivity index (χ1n) is 4.15. The fraction of sp³-hybridized carbons (Fsp3) is 0.875. The molecule has 0 aliphatic carbocycles. The molecule has 0 saturated carbocycles. The minimum absolute atomic E-state index is 0.00264. The topological polar surface area (TPSA) is 57.3 Å². The zero-order valence-electron chi connectivity index (χ0n) is 7.56. The molecular formula is C8H12O5. The second-order valence-electron chi connectivity index (χ2n) is 3.12. The SMILES string of the molecule is COC(=O)C1OCC2OC2C1OC. The van der Waals surface area contributed by atoms with Crippen molar-refractivity contribution in [2.75, 3.05) is 20.8 Å². The minimum atomic E-state index is -0.640. The normalized spacial score (nSPS) is 42.3. The van der Waals surface area contributed by atoms with Gasteiger partial charge in [0.2, 0.25) is 0 Å². The Morgan fingerprint density at radius 3 is 2.85 bits per heavy atom. The van der Waals surface area contributed by atoms with E-state index in [9.17, 15) is 4.79 Å². The molecule has 0 aromatic rings. The molecule has 2 fully saturated rings. The van der Waals surface area contributed by atoms with Crippen LogP contribution in [0.2, 0.25) is 0 Å². The Balaban J connectivity index is 2.04. The highest BCUT2D eigenvalue weighted by molar-refractivity contribution is 5.75. The van der Waals surface area contributed by atoms with Crippen molar-refractivity contribution in [3.63, 3.8) is 0 Å². The van der Waals surface area contributed by atoms with E-state index in [-0.39, 0.29) is 18.3 Å². The smallest absolute Gasteiger partial charge is 0.337 e. The van der Waals surface area contributed by atoms with E-state index < -0.39 is 12.1 Å². The third kappa shape index (κ3) is 1.43. The molecule has 0 N–H and O–H groups in total. The van der Waals surface area contributed by atoms with Gasteiger partial charge < -0.3 is 18.9 Å². The van der Waals surface area contributed by atoms with Gasteiger partial charge in [0, 0.05) is 7.11 Å². The Morgan fingerprint density at radius 2 is 2.23 bits per heavy atom. The molecule has 0 aromatic carbocycles. The first kappa shape index (κ1) is 8.93. The van der Waals surface area contributed by atoms with E-state index in [0.29, 0.717) is 6.61 Å². The molecular weight excluding hydrogens is 176 g/mol. The lowest BCUT2D eigenvalue weighted by Gasteiger charge is -2.25. The summed E-state index contributed by atoms with van der Waals surface area (Å²) in [5.74, 6) is -0.402. The molecule has 0 amide bonds. The summed E-state index contributed by atoms with van der Waals surface area (Å²) < 4.78 is 20.2. The van der Waals surface area contributed by atoms with Crippen molar-refractivity contribution >= 4 is 5.97 Å². The van der Waals surface area contributed by atoms with Crippen molar-refractivity contribution in [1.29, 1.82) is 0 Å². The molecule has 0 aromatic heterocycles. The quantitative estimate of drug-likeness (QED) is 0.425. The number of carbonyl (C=O) groups is 1. The molecule has 2 rings (SSSR count). The summed E-state index contributed by atoms with van der Waals surface area (Å²) in [6.45, 7) is 0.449. The summed E-state index contributed by atoms with van der Waals surface area (Å²) in [5, 5.41) is 0. The Labute approximate surface area is 75.9 Å². The van der Waals surface area contributed by atoms with Crippen molar-refractivity contribution < 1.29 is 23.7 Å². The van der Waals surface area contributed by atoms with Crippen LogP contribution in [0.4, 0.5) is 0 Å². The van der Waals surface area contributed by atoms with Crippen LogP contribution in [0.25, 0.3) is 0 Å². The fourth-order valence-electron chi connectivity index (χ4n) is 1.62. The van der Waals surface area contributed by atoms with E-state index in [4.69, 9.17) is 14.2 Å². The average molecular weight is 188 g/mol. The highest BCUT2D eigenvalue weighted by atomic mass is 16.7. The number of esters is 1. The van der Waals surface area contributed by atoms with Crippen molar-refractivity contribution in [2.45, 2.75) is 24.4 Å². The number of rotatable bonds is 2. The van der Waals surface area contributed by atoms with Gasteiger partial charge in [0.1, 0.15) is 18.3 Å². The standard InChI is InChI=1S/C8H12O5/c1-10-6-5-4(13-5)3-12-7(6)8(9)11-2/h4-7H,3H2,1-2H3. The van der Waals surface area contributed by atoms with Crippen LogP contribution in [0, 0.1) is 0 Å². The summed E-state index contributed by atoms with van der Waals surface area (Å²) in [6.07, 6.45) is -0.862. The van der Waals surface area contributed by atoms with E-state index >= 15 is 0 Å². The van der Waals surface area contributed by atoms with E-state index in [1.807, 2.05) is 0 Å². The Bertz CT molecular complexity index is 217. The minimum Gasteiger partial charge on any atom is -0.467 e. The van der Waals surface area contributed by atoms with Gasteiger partial charge in [0.05, 0.1) is 13.7 Å². The highest BCUT2D eigenvalue weighted by Crippen LogP contribution is 2.34. The van der Waals surface area contributed by atoms with Gasteiger partial charge in [-0.1, -0.05) is 0 Å². The van der Waals surface area contributed by atoms with Crippen LogP contribution in [0.15, 0.2) is 0 Å². The van der Waals surface area contributed by atoms with E-state index in [2.05, 4.69) is 4.74 Å². The number of carbonyl (C=O) groups excluding carboxylic acids is 1. The van der Waals surface area contributed by atoms with Crippen molar-refractivity contribution in [2.24, 2.45) is 0 Å². The van der Waals surface area contributed by atoms with Crippen molar-refractivity contribution in [3.8, 4) is 0 Å². The van der Waals surface area contributed by atoms with Crippen LogP contribution in [0.3, 0.4) is 0 Å². The second kappa shape index (κ2) is 3.25. The van der Waals surface area contributed by atoms with Crippen LogP contribution in [-0.2, 0) is 23.7 Å². The Hall–Kier alpha value is -0.650. The first-order chi connectivity index (χ1) is 6.27. The second-order valence-corrected chi connectivity index (χ2v) is 3.12. The average Bonchev–Trinajstić information content (AvgIpc) is 2.93. The highest BCUT2D eigenvalue weighted by Gasteiger charge is 2.55. The molecule has 0 spiro atoms. The number of hydrogen-bond acceptors (Lipinski definition) is 5. The van der Waals surface area contributed by atoms with Crippen LogP contribution >= 0.6 is 0 Å². The molecule has 13 heavy (non-hydrogen) atoms. The molecule has 2 saturated heterocycles. The molecule has 5 heteroatoms. The summed E-state index contributed by atoms with van der Waals surface area (Å²) in [4.78, 5) is 11.2. The van der Waals surface area contributed by atoms with Gasteiger partial charge in [0.15, 0.2) is 6.10 Å². The lowest BCUT2D eigenvalue weighted by Crippen LogP contribution is -2.46. The van der Waals surface area contributed by atoms with Gasteiger partial charge in [-0.05, 0) is 0 Å².